The molecule has 0 fully saturated rings. The zero-order chi connectivity index (χ0) is 14.1. The predicted molar refractivity (Wildman–Crippen MR) is 53.9 cm³/mol. The highest BCUT2D eigenvalue weighted by Crippen LogP contribution is 2.23. The average molecular weight is 258 g/mol. The summed E-state index contributed by atoms with van der Waals surface area (Å²) in [6.45, 7) is 0. The fourth-order valence-corrected chi connectivity index (χ4v) is 1.18. The lowest BCUT2D eigenvalue weighted by atomic mass is 10.00. The smallest absolute Gasteiger partial charge is 0.369 e. The third kappa shape index (κ3) is 2.31. The van der Waals surface area contributed by atoms with Crippen LogP contribution in [-0.2, 0) is 21.2 Å². The lowest BCUT2D eigenvalue weighted by molar-refractivity contribution is -0.209. The van der Waals surface area contributed by atoms with Gasteiger partial charge in [-0.05, 0) is 0 Å². The number of rotatable bonds is 4. The van der Waals surface area contributed by atoms with E-state index in [1.54, 1.807) is 0 Å². The van der Waals surface area contributed by atoms with Crippen LogP contribution < -0.4 is 0 Å². The standard InChI is InChI=1S/C10H10O8/c11-7(12)9(15,16)5-1-2-6(4-3-5)10(17,18)8(13)14/h1-4,15-18H,(H,11,12)(H,13,14). The third-order valence-corrected chi connectivity index (χ3v) is 2.29. The van der Waals surface area contributed by atoms with E-state index in [-0.39, 0.29) is 0 Å². The van der Waals surface area contributed by atoms with E-state index in [9.17, 15) is 30.0 Å². The first-order valence-corrected chi connectivity index (χ1v) is 4.57. The SMILES string of the molecule is O=C(O)C(O)(O)c1ccc(C(O)(O)C(=O)O)cc1. The second-order valence-electron chi connectivity index (χ2n) is 3.53. The van der Waals surface area contributed by atoms with Crippen molar-refractivity contribution in [3.8, 4) is 0 Å². The van der Waals surface area contributed by atoms with E-state index >= 15 is 0 Å². The first-order valence-electron chi connectivity index (χ1n) is 4.57. The summed E-state index contributed by atoms with van der Waals surface area (Å²) in [6, 6.07) is 3.42. The summed E-state index contributed by atoms with van der Waals surface area (Å²) in [5, 5.41) is 53.8. The van der Waals surface area contributed by atoms with E-state index in [0.29, 0.717) is 0 Å². The summed E-state index contributed by atoms with van der Waals surface area (Å²) in [5.74, 6) is -10.1. The van der Waals surface area contributed by atoms with E-state index in [4.69, 9.17) is 10.2 Å². The molecule has 0 amide bonds. The van der Waals surface area contributed by atoms with Gasteiger partial charge in [0.1, 0.15) is 0 Å². The summed E-state index contributed by atoms with van der Waals surface area (Å²) in [4.78, 5) is 21.0. The highest BCUT2D eigenvalue weighted by molar-refractivity contribution is 5.78. The molecule has 8 nitrogen and oxygen atoms in total. The fourth-order valence-electron chi connectivity index (χ4n) is 1.18. The lowest BCUT2D eigenvalue weighted by Gasteiger charge is -2.19. The number of aliphatic carboxylic acids is 2. The Morgan fingerprint density at radius 1 is 0.722 bits per heavy atom. The predicted octanol–water partition coefficient (Wildman–Crippen LogP) is -1.87. The Bertz CT molecular complexity index is 428. The number of carboxylic acids is 2. The molecule has 0 aromatic heterocycles. The summed E-state index contributed by atoms with van der Waals surface area (Å²) >= 11 is 0. The van der Waals surface area contributed by atoms with Crippen molar-refractivity contribution < 1.29 is 40.2 Å². The normalized spacial score (nSPS) is 12.2. The number of hydrogen-bond donors (Lipinski definition) is 6. The molecule has 8 heteroatoms. The molecule has 1 rings (SSSR count). The van der Waals surface area contributed by atoms with Crippen molar-refractivity contribution >= 4 is 11.9 Å². The number of carbonyl (C=O) groups is 2. The minimum absolute atomic E-state index is 0.458. The van der Waals surface area contributed by atoms with Crippen molar-refractivity contribution in [1.82, 2.24) is 0 Å². The molecule has 0 aliphatic carbocycles. The van der Waals surface area contributed by atoms with Crippen molar-refractivity contribution in [3.05, 3.63) is 35.4 Å². The Kier molecular flexibility index (Phi) is 3.40. The van der Waals surface area contributed by atoms with Crippen LogP contribution in [0, 0.1) is 0 Å². The van der Waals surface area contributed by atoms with Gasteiger partial charge in [0.05, 0.1) is 0 Å². The van der Waals surface area contributed by atoms with Crippen molar-refractivity contribution in [2.24, 2.45) is 0 Å². The Hall–Kier alpha value is -2.00. The monoisotopic (exact) mass is 258 g/mol. The summed E-state index contributed by atoms with van der Waals surface area (Å²) in [5.41, 5.74) is -0.917. The maximum absolute atomic E-state index is 10.5. The Balaban J connectivity index is 3.16. The average Bonchev–Trinajstić information content (AvgIpc) is 2.28. The van der Waals surface area contributed by atoms with Gasteiger partial charge in [-0.15, -0.1) is 0 Å². The van der Waals surface area contributed by atoms with Crippen molar-refractivity contribution in [3.63, 3.8) is 0 Å². The van der Waals surface area contributed by atoms with E-state index < -0.39 is 34.6 Å². The Morgan fingerprint density at radius 2 is 0.944 bits per heavy atom. The molecule has 0 aliphatic rings. The first kappa shape index (κ1) is 14.1. The van der Waals surface area contributed by atoms with Crippen LogP contribution in [0.3, 0.4) is 0 Å². The summed E-state index contributed by atoms with van der Waals surface area (Å²) < 4.78 is 0. The van der Waals surface area contributed by atoms with Gasteiger partial charge in [-0.25, -0.2) is 9.59 Å². The molecule has 0 atom stereocenters. The van der Waals surface area contributed by atoms with Gasteiger partial charge in [-0.3, -0.25) is 0 Å². The molecule has 0 saturated carbocycles. The lowest BCUT2D eigenvalue weighted by Crippen LogP contribution is -2.36. The second kappa shape index (κ2) is 4.35. The molecule has 0 heterocycles. The van der Waals surface area contributed by atoms with E-state index in [1.165, 1.54) is 0 Å². The van der Waals surface area contributed by atoms with Crippen LogP contribution in [0.25, 0.3) is 0 Å². The molecule has 0 unspecified atom stereocenters. The molecule has 1 aromatic carbocycles. The maximum Gasteiger partial charge on any atom is 0.369 e. The largest absolute Gasteiger partial charge is 0.477 e. The molecule has 0 aliphatic heterocycles. The van der Waals surface area contributed by atoms with Gasteiger partial charge >= 0.3 is 11.9 Å². The molecule has 1 aromatic rings. The molecule has 0 saturated heterocycles. The van der Waals surface area contributed by atoms with Gasteiger partial charge in [-0.1, -0.05) is 24.3 Å². The highest BCUT2D eigenvalue weighted by Gasteiger charge is 2.38. The zero-order valence-corrected chi connectivity index (χ0v) is 8.81. The van der Waals surface area contributed by atoms with Gasteiger partial charge in [0.25, 0.3) is 11.6 Å². The number of hydrogen-bond acceptors (Lipinski definition) is 6. The first-order chi connectivity index (χ1) is 8.10. The Labute approximate surface area is 100.0 Å². The minimum atomic E-state index is -3.14. The third-order valence-electron chi connectivity index (χ3n) is 2.29. The number of aliphatic hydroxyl groups is 4. The van der Waals surface area contributed by atoms with Gasteiger partial charge < -0.3 is 30.6 Å². The molecule has 18 heavy (non-hydrogen) atoms. The molecular formula is C10H10O8. The van der Waals surface area contributed by atoms with Crippen LogP contribution >= 0.6 is 0 Å². The van der Waals surface area contributed by atoms with Gasteiger partial charge in [0.15, 0.2) is 0 Å². The molecule has 98 valence electrons. The topological polar surface area (TPSA) is 156 Å². The molecular weight excluding hydrogens is 248 g/mol. The van der Waals surface area contributed by atoms with Crippen LogP contribution in [-0.4, -0.2) is 42.6 Å². The minimum Gasteiger partial charge on any atom is -0.477 e. The number of benzene rings is 1. The molecule has 6 N–H and O–H groups in total. The van der Waals surface area contributed by atoms with Crippen molar-refractivity contribution in [2.45, 2.75) is 11.6 Å². The van der Waals surface area contributed by atoms with Crippen LogP contribution in [0.1, 0.15) is 11.1 Å². The summed E-state index contributed by atoms with van der Waals surface area (Å²) in [7, 11) is 0. The van der Waals surface area contributed by atoms with Crippen LogP contribution in [0.2, 0.25) is 0 Å². The summed E-state index contributed by atoms with van der Waals surface area (Å²) in [6.07, 6.45) is 0. The fraction of sp³-hybridized carbons (Fsp3) is 0.200. The van der Waals surface area contributed by atoms with Gasteiger partial charge in [0, 0.05) is 11.1 Å². The van der Waals surface area contributed by atoms with E-state index in [1.807, 2.05) is 0 Å². The van der Waals surface area contributed by atoms with Crippen molar-refractivity contribution in [2.75, 3.05) is 0 Å². The zero-order valence-electron chi connectivity index (χ0n) is 8.81. The van der Waals surface area contributed by atoms with Crippen LogP contribution in [0.15, 0.2) is 24.3 Å². The van der Waals surface area contributed by atoms with E-state index in [0.717, 1.165) is 24.3 Å². The molecule has 0 radical (unpaired) electrons. The maximum atomic E-state index is 10.5. The quantitative estimate of drug-likeness (QED) is 0.343. The molecule has 0 bridgehead atoms. The van der Waals surface area contributed by atoms with Crippen LogP contribution in [0.4, 0.5) is 0 Å². The highest BCUT2D eigenvalue weighted by atomic mass is 16.5. The van der Waals surface area contributed by atoms with Crippen LogP contribution in [0.5, 0.6) is 0 Å². The van der Waals surface area contributed by atoms with Crippen molar-refractivity contribution in [1.29, 1.82) is 0 Å². The van der Waals surface area contributed by atoms with E-state index in [2.05, 4.69) is 0 Å². The molecule has 0 spiro atoms. The Morgan fingerprint density at radius 3 is 1.11 bits per heavy atom. The number of carboxylic acid groups (broad SMARTS) is 2. The van der Waals surface area contributed by atoms with Gasteiger partial charge in [0.2, 0.25) is 0 Å². The van der Waals surface area contributed by atoms with Gasteiger partial charge in [-0.2, -0.15) is 0 Å². The second-order valence-corrected chi connectivity index (χ2v) is 3.53.